The van der Waals surface area contributed by atoms with E-state index in [1.54, 1.807) is 0 Å². The van der Waals surface area contributed by atoms with E-state index in [0.717, 1.165) is 12.3 Å². The molecule has 2 heteroatoms. The van der Waals surface area contributed by atoms with E-state index >= 15 is 0 Å². The number of rotatable bonds is 0. The van der Waals surface area contributed by atoms with Gasteiger partial charge in [-0.15, -0.1) is 0 Å². The molecule has 0 aromatic rings. The average molecular weight is 252 g/mol. The van der Waals surface area contributed by atoms with Gasteiger partial charge in [-0.2, -0.15) is 0 Å². The standard InChI is InChI=1S/C17H16O2/c18-16-6-3-7-10-9(6)14-11(16)4-1-2-5-8(4)13(14)15(10)12(5)17(7)19/h1-2,4-15H,3H2/t4-,5+,6+,7-,8?,9-,10+,11-,12-,13?,14-,15+/m1/s1. The number of ketones is 2. The Bertz CT molecular complexity index is 569. The van der Waals surface area contributed by atoms with Crippen LogP contribution in [0.4, 0.5) is 0 Å². The molecule has 0 heterocycles. The molecule has 0 aliphatic heterocycles. The summed E-state index contributed by atoms with van der Waals surface area (Å²) in [4.78, 5) is 25.6. The van der Waals surface area contributed by atoms with Crippen molar-refractivity contribution in [2.24, 2.45) is 71.0 Å². The molecule has 2 unspecified atom stereocenters. The molecule has 7 rings (SSSR count). The van der Waals surface area contributed by atoms with Crippen LogP contribution in [0.1, 0.15) is 6.42 Å². The lowest BCUT2D eigenvalue weighted by Crippen LogP contribution is -2.29. The second kappa shape index (κ2) is 2.27. The summed E-state index contributed by atoms with van der Waals surface area (Å²) in [5.41, 5.74) is 0. The third-order valence-electron chi connectivity index (χ3n) is 8.59. The minimum Gasteiger partial charge on any atom is -0.299 e. The molecule has 6 saturated carbocycles. The highest BCUT2D eigenvalue weighted by molar-refractivity contribution is 5.95. The molecular formula is C17H16O2. The molecule has 19 heavy (non-hydrogen) atoms. The van der Waals surface area contributed by atoms with Crippen LogP contribution in [-0.4, -0.2) is 11.6 Å². The van der Waals surface area contributed by atoms with Gasteiger partial charge in [-0.3, -0.25) is 9.59 Å². The van der Waals surface area contributed by atoms with E-state index < -0.39 is 0 Å². The van der Waals surface area contributed by atoms with E-state index in [9.17, 15) is 9.59 Å². The number of carbonyl (C=O) groups excluding carboxylic acids is 2. The van der Waals surface area contributed by atoms with E-state index in [1.165, 1.54) is 0 Å². The Labute approximate surface area is 111 Å². The Morgan fingerprint density at radius 2 is 1.21 bits per heavy atom. The SMILES string of the molecule is O=C1[C@H]2[C@@H]3C4C5[C@H]2C=C[C@@H]5[C@H]2C(=O)[C@@H]5C[C@H]1[C@@H]3[C@H]5[C@H]42. The molecule has 0 amide bonds. The Kier molecular flexibility index (Phi) is 1.09. The van der Waals surface area contributed by atoms with Gasteiger partial charge in [0.1, 0.15) is 11.6 Å². The minimum absolute atomic E-state index is 0.286. The summed E-state index contributed by atoms with van der Waals surface area (Å²) in [6.45, 7) is 0. The normalized spacial score (nSPS) is 75.2. The second-order valence-corrected chi connectivity index (χ2v) is 8.31. The Morgan fingerprint density at radius 3 is 1.74 bits per heavy atom. The van der Waals surface area contributed by atoms with E-state index in [4.69, 9.17) is 0 Å². The summed E-state index contributed by atoms with van der Waals surface area (Å²) in [7, 11) is 0. The van der Waals surface area contributed by atoms with Crippen LogP contribution in [0.3, 0.4) is 0 Å². The molecule has 2 nitrogen and oxygen atoms in total. The van der Waals surface area contributed by atoms with Gasteiger partial charge in [0.15, 0.2) is 0 Å². The van der Waals surface area contributed by atoms with E-state index in [1.807, 2.05) is 0 Å². The van der Waals surface area contributed by atoms with Crippen molar-refractivity contribution in [1.82, 2.24) is 0 Å². The molecule has 0 bridgehead atoms. The predicted octanol–water partition coefficient (Wildman–Crippen LogP) is 1.56. The quantitative estimate of drug-likeness (QED) is 0.613. The number of Topliss-reactive ketones (excluding diaryl/α,β-unsaturated/α-hetero) is 2. The maximum absolute atomic E-state index is 12.8. The summed E-state index contributed by atoms with van der Waals surface area (Å²) < 4.78 is 0. The van der Waals surface area contributed by atoms with Gasteiger partial charge >= 0.3 is 0 Å². The fourth-order valence-electron chi connectivity index (χ4n) is 8.79. The van der Waals surface area contributed by atoms with Gasteiger partial charge in [-0.1, -0.05) is 12.2 Å². The molecule has 7 aliphatic carbocycles. The smallest absolute Gasteiger partial charge is 0.140 e. The van der Waals surface area contributed by atoms with Gasteiger partial charge in [-0.05, 0) is 53.8 Å². The summed E-state index contributed by atoms with van der Waals surface area (Å²) >= 11 is 0. The Hall–Kier alpha value is -0.920. The van der Waals surface area contributed by atoms with Crippen LogP contribution in [0.15, 0.2) is 12.2 Å². The van der Waals surface area contributed by atoms with Crippen LogP contribution < -0.4 is 0 Å². The van der Waals surface area contributed by atoms with Crippen LogP contribution in [-0.2, 0) is 9.59 Å². The van der Waals surface area contributed by atoms with Crippen molar-refractivity contribution in [2.45, 2.75) is 6.42 Å². The highest BCUT2D eigenvalue weighted by Crippen LogP contribution is 2.82. The van der Waals surface area contributed by atoms with Crippen molar-refractivity contribution in [1.29, 1.82) is 0 Å². The third-order valence-corrected chi connectivity index (χ3v) is 8.59. The second-order valence-electron chi connectivity index (χ2n) is 8.31. The first-order valence-electron chi connectivity index (χ1n) is 8.05. The summed E-state index contributed by atoms with van der Waals surface area (Å²) in [5, 5.41) is 0. The lowest BCUT2D eigenvalue weighted by Gasteiger charge is -2.23. The number of allylic oxidation sites excluding steroid dienone is 2. The summed E-state index contributed by atoms with van der Waals surface area (Å²) in [6, 6.07) is 0. The molecule has 7 aliphatic rings. The van der Waals surface area contributed by atoms with Gasteiger partial charge in [0.25, 0.3) is 0 Å². The molecule has 0 aromatic heterocycles. The van der Waals surface area contributed by atoms with Crippen molar-refractivity contribution in [2.75, 3.05) is 0 Å². The van der Waals surface area contributed by atoms with E-state index in [0.29, 0.717) is 64.8 Å². The molecule has 0 spiro atoms. The lowest BCUT2D eigenvalue weighted by atomic mass is 9.79. The van der Waals surface area contributed by atoms with Gasteiger partial charge < -0.3 is 0 Å². The molecular weight excluding hydrogens is 236 g/mol. The zero-order chi connectivity index (χ0) is 12.2. The fraction of sp³-hybridized carbons (Fsp3) is 0.765. The third kappa shape index (κ3) is 0.606. The van der Waals surface area contributed by atoms with Gasteiger partial charge in [0.2, 0.25) is 0 Å². The highest BCUT2D eigenvalue weighted by Gasteiger charge is 2.82. The van der Waals surface area contributed by atoms with Crippen molar-refractivity contribution in [3.63, 3.8) is 0 Å². The van der Waals surface area contributed by atoms with Gasteiger partial charge in [0, 0.05) is 23.7 Å². The van der Waals surface area contributed by atoms with Crippen LogP contribution in [0.5, 0.6) is 0 Å². The number of hydrogen-bond acceptors (Lipinski definition) is 2. The van der Waals surface area contributed by atoms with Crippen molar-refractivity contribution in [3.8, 4) is 0 Å². The average Bonchev–Trinajstić information content (AvgIpc) is 3.10. The van der Waals surface area contributed by atoms with E-state index in [-0.39, 0.29) is 11.8 Å². The summed E-state index contributed by atoms with van der Waals surface area (Å²) in [6.07, 6.45) is 5.61. The van der Waals surface area contributed by atoms with Crippen molar-refractivity contribution >= 4 is 11.6 Å². The Morgan fingerprint density at radius 1 is 0.684 bits per heavy atom. The largest absolute Gasteiger partial charge is 0.299 e. The number of fused-ring (bicyclic) bond motifs is 2. The molecule has 0 radical (unpaired) electrons. The molecule has 6 fully saturated rings. The monoisotopic (exact) mass is 252 g/mol. The zero-order valence-corrected chi connectivity index (χ0v) is 10.6. The highest BCUT2D eigenvalue weighted by atomic mass is 16.1. The molecule has 0 saturated heterocycles. The van der Waals surface area contributed by atoms with Crippen LogP contribution in [0.2, 0.25) is 0 Å². The molecule has 0 N–H and O–H groups in total. The van der Waals surface area contributed by atoms with Crippen LogP contribution in [0.25, 0.3) is 0 Å². The first-order chi connectivity index (χ1) is 9.29. The van der Waals surface area contributed by atoms with Crippen LogP contribution in [0, 0.1) is 71.0 Å². The topological polar surface area (TPSA) is 34.1 Å². The minimum atomic E-state index is 0.286. The van der Waals surface area contributed by atoms with Gasteiger partial charge in [-0.25, -0.2) is 0 Å². The molecule has 0 aromatic carbocycles. The van der Waals surface area contributed by atoms with E-state index in [2.05, 4.69) is 12.2 Å². The number of carbonyl (C=O) groups is 2. The first-order valence-corrected chi connectivity index (χ1v) is 8.05. The maximum Gasteiger partial charge on any atom is 0.140 e. The number of hydrogen-bond donors (Lipinski definition) is 0. The fourth-order valence-corrected chi connectivity index (χ4v) is 8.79. The Balaban J connectivity index is 1.61. The van der Waals surface area contributed by atoms with Crippen molar-refractivity contribution < 1.29 is 9.59 Å². The summed E-state index contributed by atoms with van der Waals surface area (Å²) in [5.74, 6) is 7.57. The molecule has 96 valence electrons. The van der Waals surface area contributed by atoms with Crippen LogP contribution >= 0.6 is 0 Å². The lowest BCUT2D eigenvalue weighted by molar-refractivity contribution is -0.128. The predicted molar refractivity (Wildman–Crippen MR) is 65.7 cm³/mol. The molecule has 12 atom stereocenters. The maximum atomic E-state index is 12.8. The zero-order valence-electron chi connectivity index (χ0n) is 10.6. The van der Waals surface area contributed by atoms with Crippen molar-refractivity contribution in [3.05, 3.63) is 12.2 Å². The first kappa shape index (κ1) is 9.10. The van der Waals surface area contributed by atoms with Gasteiger partial charge in [0.05, 0.1) is 0 Å².